The molecule has 1 amide bonds. The number of amides is 1. The summed E-state index contributed by atoms with van der Waals surface area (Å²) >= 11 is 7.41. The van der Waals surface area contributed by atoms with Crippen LogP contribution in [-0.4, -0.2) is 38.3 Å². The van der Waals surface area contributed by atoms with Gasteiger partial charge >= 0.3 is 0 Å². The highest BCUT2D eigenvalue weighted by Gasteiger charge is 2.15. The molecule has 148 valence electrons. The molecule has 0 unspecified atom stereocenters. The standard InChI is InChI=1S/C19H21ClN4O3S/c1-3-4-7-24-15-9-21-11-22-18(15)28-19(24)23-17(26)14-8-13(20)5-6-16(14)27-10-12(2)25/h5-6,8-9,11-12,25H,3-4,7,10H2,1-2H3/t12-/m0/s1. The van der Waals surface area contributed by atoms with Gasteiger partial charge in [-0.05, 0) is 31.5 Å². The number of halogens is 1. The smallest absolute Gasteiger partial charge is 0.283 e. The molecule has 9 heteroatoms. The maximum Gasteiger partial charge on any atom is 0.283 e. The number of thiazole rings is 1. The Labute approximate surface area is 171 Å². The second-order valence-corrected chi connectivity index (χ2v) is 7.71. The third-order valence-corrected chi connectivity index (χ3v) is 5.19. The van der Waals surface area contributed by atoms with Crippen LogP contribution < -0.4 is 9.54 Å². The molecule has 0 bridgehead atoms. The van der Waals surface area contributed by atoms with E-state index in [-0.39, 0.29) is 12.2 Å². The lowest BCUT2D eigenvalue weighted by Gasteiger charge is -2.11. The Hall–Kier alpha value is -2.29. The molecule has 0 radical (unpaired) electrons. The quantitative estimate of drug-likeness (QED) is 0.632. The Balaban J connectivity index is 2.04. The van der Waals surface area contributed by atoms with Gasteiger partial charge in [-0.2, -0.15) is 4.99 Å². The summed E-state index contributed by atoms with van der Waals surface area (Å²) in [5.74, 6) is -0.132. The average Bonchev–Trinajstić information content (AvgIpc) is 3.02. The molecule has 0 saturated heterocycles. The van der Waals surface area contributed by atoms with E-state index >= 15 is 0 Å². The van der Waals surface area contributed by atoms with Crippen LogP contribution in [0.5, 0.6) is 5.75 Å². The first-order valence-corrected chi connectivity index (χ1v) is 10.2. The number of ether oxygens (including phenoxy) is 1. The van der Waals surface area contributed by atoms with Gasteiger partial charge in [-0.25, -0.2) is 9.97 Å². The third kappa shape index (κ3) is 4.76. The molecule has 0 spiro atoms. The minimum absolute atomic E-state index is 0.0664. The number of hydrogen-bond donors (Lipinski definition) is 1. The van der Waals surface area contributed by atoms with Crippen LogP contribution >= 0.6 is 22.9 Å². The average molecular weight is 421 g/mol. The number of aliphatic hydroxyl groups excluding tert-OH is 1. The fraction of sp³-hybridized carbons (Fsp3) is 0.368. The normalized spacial score (nSPS) is 13.1. The summed E-state index contributed by atoms with van der Waals surface area (Å²) in [4.78, 5) is 26.9. The van der Waals surface area contributed by atoms with E-state index in [2.05, 4.69) is 21.9 Å². The van der Waals surface area contributed by atoms with Crippen LogP contribution in [0.1, 0.15) is 37.0 Å². The SMILES string of the molecule is CCCCn1c(=NC(=O)c2cc(Cl)ccc2OC[C@H](C)O)sc2ncncc21. The van der Waals surface area contributed by atoms with Gasteiger partial charge in [0.15, 0.2) is 4.80 Å². The minimum atomic E-state index is -0.659. The summed E-state index contributed by atoms with van der Waals surface area (Å²) in [6.07, 6.45) is 4.51. The molecular formula is C19H21ClN4O3S. The second-order valence-electron chi connectivity index (χ2n) is 6.32. The van der Waals surface area contributed by atoms with E-state index in [4.69, 9.17) is 16.3 Å². The number of unbranched alkanes of at least 4 members (excludes halogenated alkanes) is 1. The number of carbonyl (C=O) groups is 1. The van der Waals surface area contributed by atoms with E-state index < -0.39 is 12.0 Å². The zero-order chi connectivity index (χ0) is 20.1. The number of aromatic nitrogens is 3. The lowest BCUT2D eigenvalue weighted by Crippen LogP contribution is -2.18. The van der Waals surface area contributed by atoms with Crippen molar-refractivity contribution in [1.29, 1.82) is 0 Å². The summed E-state index contributed by atoms with van der Waals surface area (Å²) in [5.41, 5.74) is 1.10. The number of aliphatic hydroxyl groups is 1. The van der Waals surface area contributed by atoms with Gasteiger partial charge in [-0.3, -0.25) is 4.79 Å². The summed E-state index contributed by atoms with van der Waals surface area (Å²) in [5, 5.41) is 9.86. The first-order chi connectivity index (χ1) is 13.5. The van der Waals surface area contributed by atoms with Gasteiger partial charge < -0.3 is 14.4 Å². The Morgan fingerprint density at radius 3 is 3.04 bits per heavy atom. The number of hydrogen-bond acceptors (Lipinski definition) is 6. The maximum atomic E-state index is 12.9. The van der Waals surface area contributed by atoms with Crippen molar-refractivity contribution in [2.75, 3.05) is 6.61 Å². The van der Waals surface area contributed by atoms with Gasteiger partial charge in [0.25, 0.3) is 5.91 Å². The predicted octanol–water partition coefficient (Wildman–Crippen LogP) is 3.45. The van der Waals surface area contributed by atoms with E-state index in [0.29, 0.717) is 15.6 Å². The molecule has 0 saturated carbocycles. The van der Waals surface area contributed by atoms with Gasteiger partial charge in [0.1, 0.15) is 23.5 Å². The third-order valence-electron chi connectivity index (χ3n) is 3.95. The highest BCUT2D eigenvalue weighted by atomic mass is 35.5. The Kier molecular flexibility index (Phi) is 6.77. The molecule has 3 aromatic rings. The zero-order valence-corrected chi connectivity index (χ0v) is 17.2. The number of fused-ring (bicyclic) bond motifs is 1. The number of benzene rings is 1. The first-order valence-electron chi connectivity index (χ1n) is 8.98. The monoisotopic (exact) mass is 420 g/mol. The highest BCUT2D eigenvalue weighted by molar-refractivity contribution is 7.15. The lowest BCUT2D eigenvalue weighted by atomic mass is 10.2. The molecule has 0 aliphatic heterocycles. The largest absolute Gasteiger partial charge is 0.490 e. The first kappa shape index (κ1) is 20.4. The van der Waals surface area contributed by atoms with Crippen LogP contribution in [-0.2, 0) is 6.54 Å². The second kappa shape index (κ2) is 9.27. The molecule has 0 fully saturated rings. The van der Waals surface area contributed by atoms with Crippen LogP contribution in [0.4, 0.5) is 0 Å². The fourth-order valence-electron chi connectivity index (χ4n) is 2.59. The number of aryl methyl sites for hydroxylation is 1. The summed E-state index contributed by atoms with van der Waals surface area (Å²) < 4.78 is 7.51. The van der Waals surface area contributed by atoms with Crippen molar-refractivity contribution in [2.45, 2.75) is 39.3 Å². The summed E-state index contributed by atoms with van der Waals surface area (Å²) in [6.45, 7) is 4.50. The van der Waals surface area contributed by atoms with Crippen LogP contribution in [0.25, 0.3) is 10.3 Å². The number of rotatable bonds is 7. The minimum Gasteiger partial charge on any atom is -0.490 e. The van der Waals surface area contributed by atoms with E-state index in [1.165, 1.54) is 23.7 Å². The van der Waals surface area contributed by atoms with Crippen LogP contribution in [0.2, 0.25) is 5.02 Å². The van der Waals surface area contributed by atoms with Gasteiger partial charge in [0.05, 0.1) is 23.4 Å². The van der Waals surface area contributed by atoms with E-state index in [9.17, 15) is 9.90 Å². The van der Waals surface area contributed by atoms with Crippen LogP contribution in [0.15, 0.2) is 35.7 Å². The number of carbonyl (C=O) groups excluding carboxylic acids is 1. The van der Waals surface area contributed by atoms with Gasteiger partial charge in [-0.15, -0.1) is 0 Å². The van der Waals surface area contributed by atoms with Crippen molar-refractivity contribution in [3.8, 4) is 5.75 Å². The topological polar surface area (TPSA) is 89.6 Å². The van der Waals surface area contributed by atoms with Crippen molar-refractivity contribution in [1.82, 2.24) is 14.5 Å². The molecule has 1 aromatic carbocycles. The molecule has 0 aliphatic rings. The predicted molar refractivity (Wildman–Crippen MR) is 109 cm³/mol. The van der Waals surface area contributed by atoms with Crippen molar-refractivity contribution >= 4 is 39.2 Å². The lowest BCUT2D eigenvalue weighted by molar-refractivity contribution is 0.0981. The maximum absolute atomic E-state index is 12.9. The van der Waals surface area contributed by atoms with Crippen molar-refractivity contribution in [3.63, 3.8) is 0 Å². The summed E-state index contributed by atoms with van der Waals surface area (Å²) in [7, 11) is 0. The zero-order valence-electron chi connectivity index (χ0n) is 15.6. The molecule has 1 atom stereocenters. The number of nitrogens with zero attached hydrogens (tertiary/aromatic N) is 4. The van der Waals surface area contributed by atoms with Crippen molar-refractivity contribution in [2.24, 2.45) is 4.99 Å². The fourth-order valence-corrected chi connectivity index (χ4v) is 3.73. The van der Waals surface area contributed by atoms with E-state index in [1.807, 2.05) is 4.57 Å². The van der Waals surface area contributed by atoms with Gasteiger partial charge in [0, 0.05) is 11.6 Å². The van der Waals surface area contributed by atoms with Gasteiger partial charge in [-0.1, -0.05) is 36.3 Å². The molecule has 3 rings (SSSR count). The Morgan fingerprint density at radius 2 is 2.29 bits per heavy atom. The molecular weight excluding hydrogens is 400 g/mol. The van der Waals surface area contributed by atoms with Crippen molar-refractivity contribution < 1.29 is 14.6 Å². The van der Waals surface area contributed by atoms with Crippen molar-refractivity contribution in [3.05, 3.63) is 46.1 Å². The van der Waals surface area contributed by atoms with E-state index in [1.54, 1.807) is 25.3 Å². The Bertz CT molecular complexity index is 1050. The highest BCUT2D eigenvalue weighted by Crippen LogP contribution is 2.24. The van der Waals surface area contributed by atoms with E-state index in [0.717, 1.165) is 29.7 Å². The molecule has 2 aromatic heterocycles. The molecule has 28 heavy (non-hydrogen) atoms. The van der Waals surface area contributed by atoms with Crippen LogP contribution in [0, 0.1) is 0 Å². The molecule has 0 aliphatic carbocycles. The summed E-state index contributed by atoms with van der Waals surface area (Å²) in [6, 6.07) is 4.76. The molecule has 1 N–H and O–H groups in total. The Morgan fingerprint density at radius 1 is 1.46 bits per heavy atom. The molecule has 2 heterocycles. The van der Waals surface area contributed by atoms with Gasteiger partial charge in [0.2, 0.25) is 0 Å². The van der Waals surface area contributed by atoms with Crippen LogP contribution in [0.3, 0.4) is 0 Å². The molecule has 7 nitrogen and oxygen atoms in total.